The summed E-state index contributed by atoms with van der Waals surface area (Å²) in [6.07, 6.45) is 2.84. The lowest BCUT2D eigenvalue weighted by Gasteiger charge is -2.16. The van der Waals surface area contributed by atoms with Crippen molar-refractivity contribution in [3.63, 3.8) is 0 Å². The van der Waals surface area contributed by atoms with Crippen LogP contribution in [0.25, 0.3) is 11.3 Å². The van der Waals surface area contributed by atoms with Gasteiger partial charge in [0.25, 0.3) is 5.91 Å². The van der Waals surface area contributed by atoms with Gasteiger partial charge in [0.1, 0.15) is 11.4 Å². The van der Waals surface area contributed by atoms with E-state index in [-0.39, 0.29) is 11.9 Å². The first kappa shape index (κ1) is 17.3. The summed E-state index contributed by atoms with van der Waals surface area (Å²) in [6, 6.07) is 17.5. The minimum Gasteiger partial charge on any atom is -0.494 e. The Balaban J connectivity index is 1.42. The molecule has 0 spiro atoms. The van der Waals surface area contributed by atoms with Crippen molar-refractivity contribution in [3.8, 4) is 17.0 Å². The van der Waals surface area contributed by atoms with Crippen molar-refractivity contribution < 1.29 is 9.53 Å². The van der Waals surface area contributed by atoms with E-state index in [1.165, 1.54) is 0 Å². The minimum atomic E-state index is 0.0453. The Labute approximate surface area is 158 Å². The number of likely N-dealkylation sites (tertiary alicyclic amines) is 1. The molecule has 6 heteroatoms. The molecule has 1 fully saturated rings. The highest BCUT2D eigenvalue weighted by molar-refractivity contribution is 5.94. The van der Waals surface area contributed by atoms with Crippen LogP contribution in [0.5, 0.6) is 5.75 Å². The number of hydrogen-bond acceptors (Lipinski definition) is 4. The van der Waals surface area contributed by atoms with E-state index in [0.29, 0.717) is 18.7 Å². The summed E-state index contributed by atoms with van der Waals surface area (Å²) in [7, 11) is 0. The van der Waals surface area contributed by atoms with E-state index < -0.39 is 0 Å². The smallest absolute Gasteiger partial charge is 0.253 e. The fraction of sp³-hybridized carbons (Fsp3) is 0.286. The van der Waals surface area contributed by atoms with Crippen LogP contribution in [0.4, 0.5) is 0 Å². The molecule has 0 bridgehead atoms. The third-order valence-electron chi connectivity index (χ3n) is 4.82. The second kappa shape index (κ2) is 7.61. The Bertz CT molecular complexity index is 905. The van der Waals surface area contributed by atoms with Crippen molar-refractivity contribution in [2.45, 2.75) is 19.4 Å². The third kappa shape index (κ3) is 3.69. The zero-order valence-corrected chi connectivity index (χ0v) is 15.3. The van der Waals surface area contributed by atoms with Gasteiger partial charge in [-0.15, -0.1) is 5.10 Å². The highest BCUT2D eigenvalue weighted by Gasteiger charge is 2.29. The molecule has 6 nitrogen and oxygen atoms in total. The van der Waals surface area contributed by atoms with Gasteiger partial charge in [-0.2, -0.15) is 0 Å². The van der Waals surface area contributed by atoms with Gasteiger partial charge in [0.15, 0.2) is 0 Å². The van der Waals surface area contributed by atoms with Gasteiger partial charge in [0, 0.05) is 24.2 Å². The van der Waals surface area contributed by atoms with Crippen LogP contribution in [0.1, 0.15) is 29.7 Å². The number of aromatic nitrogens is 3. The van der Waals surface area contributed by atoms with E-state index in [0.717, 1.165) is 30.0 Å². The number of hydrogen-bond donors (Lipinski definition) is 0. The maximum Gasteiger partial charge on any atom is 0.253 e. The van der Waals surface area contributed by atoms with E-state index in [4.69, 9.17) is 4.74 Å². The average Bonchev–Trinajstić information content (AvgIpc) is 3.39. The molecule has 1 aliphatic rings. The zero-order chi connectivity index (χ0) is 18.6. The molecule has 1 atom stereocenters. The molecular formula is C21H22N4O2. The molecule has 27 heavy (non-hydrogen) atoms. The lowest BCUT2D eigenvalue weighted by atomic mass is 10.2. The number of carbonyl (C=O) groups excluding carboxylic acids is 1. The summed E-state index contributed by atoms with van der Waals surface area (Å²) in [5, 5.41) is 8.57. The number of rotatable bonds is 5. The maximum atomic E-state index is 12.8. The summed E-state index contributed by atoms with van der Waals surface area (Å²) in [4.78, 5) is 14.6. The van der Waals surface area contributed by atoms with Crippen LogP contribution >= 0.6 is 0 Å². The highest BCUT2D eigenvalue weighted by atomic mass is 16.5. The van der Waals surface area contributed by atoms with Crippen LogP contribution in [0.3, 0.4) is 0 Å². The summed E-state index contributed by atoms with van der Waals surface area (Å²) >= 11 is 0. The Morgan fingerprint density at radius 3 is 2.67 bits per heavy atom. The van der Waals surface area contributed by atoms with Crippen LogP contribution in [0, 0.1) is 0 Å². The maximum absolute atomic E-state index is 12.8. The van der Waals surface area contributed by atoms with Crippen LogP contribution in [-0.2, 0) is 0 Å². The first-order valence-corrected chi connectivity index (χ1v) is 9.24. The summed E-state index contributed by atoms with van der Waals surface area (Å²) < 4.78 is 7.32. The molecule has 1 saturated heterocycles. The second-order valence-electron chi connectivity index (χ2n) is 6.60. The Hall–Kier alpha value is -3.15. The normalized spacial score (nSPS) is 16.5. The van der Waals surface area contributed by atoms with Crippen LogP contribution in [0.15, 0.2) is 60.8 Å². The van der Waals surface area contributed by atoms with Crippen molar-refractivity contribution in [1.82, 2.24) is 19.9 Å². The molecule has 138 valence electrons. The fourth-order valence-corrected chi connectivity index (χ4v) is 3.38. The zero-order valence-electron chi connectivity index (χ0n) is 15.3. The molecule has 3 aromatic rings. The quantitative estimate of drug-likeness (QED) is 0.698. The van der Waals surface area contributed by atoms with E-state index in [1.807, 2.05) is 77.3 Å². The van der Waals surface area contributed by atoms with Crippen molar-refractivity contribution >= 4 is 5.91 Å². The van der Waals surface area contributed by atoms with Gasteiger partial charge >= 0.3 is 0 Å². The fourth-order valence-electron chi connectivity index (χ4n) is 3.38. The molecule has 1 amide bonds. The van der Waals surface area contributed by atoms with Crippen molar-refractivity contribution in [2.75, 3.05) is 19.7 Å². The third-order valence-corrected chi connectivity index (χ3v) is 4.82. The van der Waals surface area contributed by atoms with E-state index in [1.54, 1.807) is 0 Å². The van der Waals surface area contributed by atoms with Crippen molar-refractivity contribution in [3.05, 3.63) is 66.4 Å². The van der Waals surface area contributed by atoms with E-state index in [2.05, 4.69) is 10.3 Å². The number of amides is 1. The molecule has 0 aliphatic carbocycles. The first-order chi connectivity index (χ1) is 13.2. The highest BCUT2D eigenvalue weighted by Crippen LogP contribution is 2.25. The van der Waals surface area contributed by atoms with E-state index in [9.17, 15) is 4.79 Å². The molecule has 1 aliphatic heterocycles. The van der Waals surface area contributed by atoms with Gasteiger partial charge < -0.3 is 9.64 Å². The Morgan fingerprint density at radius 1 is 1.15 bits per heavy atom. The molecule has 2 aromatic carbocycles. The lowest BCUT2D eigenvalue weighted by molar-refractivity contribution is 0.0787. The summed E-state index contributed by atoms with van der Waals surface area (Å²) in [6.45, 7) is 3.92. The predicted molar refractivity (Wildman–Crippen MR) is 103 cm³/mol. The molecule has 1 unspecified atom stereocenters. The molecule has 2 heterocycles. The van der Waals surface area contributed by atoms with Crippen molar-refractivity contribution in [1.29, 1.82) is 0 Å². The SMILES string of the molecule is CCOc1ccc(C(=O)N2CCC(n3cc(-c4ccccc4)nn3)C2)cc1. The van der Waals surface area contributed by atoms with Gasteiger partial charge in [0.2, 0.25) is 0 Å². The molecular weight excluding hydrogens is 340 g/mol. The number of benzene rings is 2. The Kier molecular flexibility index (Phi) is 4.87. The molecule has 4 rings (SSSR count). The number of nitrogens with zero attached hydrogens (tertiary/aromatic N) is 4. The number of ether oxygens (including phenoxy) is 1. The largest absolute Gasteiger partial charge is 0.494 e. The average molecular weight is 362 g/mol. The van der Waals surface area contributed by atoms with Crippen LogP contribution < -0.4 is 4.74 Å². The van der Waals surface area contributed by atoms with Crippen LogP contribution in [0.2, 0.25) is 0 Å². The summed E-state index contributed by atoms with van der Waals surface area (Å²) in [5.41, 5.74) is 2.58. The summed E-state index contributed by atoms with van der Waals surface area (Å²) in [5.74, 6) is 0.827. The molecule has 0 saturated carbocycles. The van der Waals surface area contributed by atoms with E-state index >= 15 is 0 Å². The van der Waals surface area contributed by atoms with Crippen molar-refractivity contribution in [2.24, 2.45) is 0 Å². The van der Waals surface area contributed by atoms with Crippen LogP contribution in [-0.4, -0.2) is 45.5 Å². The minimum absolute atomic E-state index is 0.0453. The topological polar surface area (TPSA) is 60.2 Å². The number of carbonyl (C=O) groups is 1. The van der Waals surface area contributed by atoms with Gasteiger partial charge in [0.05, 0.1) is 18.8 Å². The van der Waals surface area contributed by atoms with Gasteiger partial charge in [-0.25, -0.2) is 4.68 Å². The molecule has 1 aromatic heterocycles. The molecule has 0 N–H and O–H groups in total. The van der Waals surface area contributed by atoms with Gasteiger partial charge in [-0.05, 0) is 37.6 Å². The standard InChI is InChI=1S/C21H22N4O2/c1-2-27-19-10-8-17(9-11-19)21(26)24-13-12-18(14-24)25-15-20(22-23-25)16-6-4-3-5-7-16/h3-11,15,18H,2,12-14H2,1H3. The predicted octanol–water partition coefficient (Wildman–Crippen LogP) is 3.43. The molecule has 0 radical (unpaired) electrons. The monoisotopic (exact) mass is 362 g/mol. The van der Waals surface area contributed by atoms with Gasteiger partial charge in [-0.3, -0.25) is 4.79 Å². The second-order valence-corrected chi connectivity index (χ2v) is 6.60. The first-order valence-electron chi connectivity index (χ1n) is 9.24. The lowest BCUT2D eigenvalue weighted by Crippen LogP contribution is -2.29. The van der Waals surface area contributed by atoms with Gasteiger partial charge in [-0.1, -0.05) is 35.5 Å². The Morgan fingerprint density at radius 2 is 1.93 bits per heavy atom.